The number of hydrazine groups is 1. The van der Waals surface area contributed by atoms with E-state index in [4.69, 9.17) is 5.84 Å². The standard InChI is InChI=1S/C14H22N4O2/c1-3-7-18(10-13(19)16-2)9-11-5-4-6-12(8-11)14(20)17-15/h4-6,8H,3,7,9-10,15H2,1-2H3,(H,16,19)(H,17,20). The van der Waals surface area contributed by atoms with Gasteiger partial charge in [0.15, 0.2) is 0 Å². The van der Waals surface area contributed by atoms with Crippen LogP contribution < -0.4 is 16.6 Å². The first kappa shape index (κ1) is 16.1. The first-order chi connectivity index (χ1) is 9.60. The molecule has 1 aromatic rings. The van der Waals surface area contributed by atoms with Crippen LogP contribution in [0.1, 0.15) is 29.3 Å². The summed E-state index contributed by atoms with van der Waals surface area (Å²) < 4.78 is 0. The molecular formula is C14H22N4O2. The van der Waals surface area contributed by atoms with Gasteiger partial charge in [0, 0.05) is 19.2 Å². The summed E-state index contributed by atoms with van der Waals surface area (Å²) in [6.45, 7) is 3.85. The lowest BCUT2D eigenvalue weighted by Crippen LogP contribution is -2.35. The molecule has 0 saturated carbocycles. The number of likely N-dealkylation sites (N-methyl/N-ethyl adjacent to an activating group) is 1. The van der Waals surface area contributed by atoms with Gasteiger partial charge in [-0.15, -0.1) is 0 Å². The maximum absolute atomic E-state index is 11.5. The van der Waals surface area contributed by atoms with Gasteiger partial charge >= 0.3 is 0 Å². The van der Waals surface area contributed by atoms with Gasteiger partial charge in [0.2, 0.25) is 5.91 Å². The highest BCUT2D eigenvalue weighted by Gasteiger charge is 2.11. The van der Waals surface area contributed by atoms with Crippen molar-refractivity contribution in [1.29, 1.82) is 0 Å². The molecule has 20 heavy (non-hydrogen) atoms. The summed E-state index contributed by atoms with van der Waals surface area (Å²) in [5, 5.41) is 2.62. The highest BCUT2D eigenvalue weighted by atomic mass is 16.2. The SMILES string of the molecule is CCCN(CC(=O)NC)Cc1cccc(C(=O)NN)c1. The first-order valence-corrected chi connectivity index (χ1v) is 6.63. The van der Waals surface area contributed by atoms with E-state index < -0.39 is 0 Å². The van der Waals surface area contributed by atoms with Crippen molar-refractivity contribution in [3.05, 3.63) is 35.4 Å². The second-order valence-corrected chi connectivity index (χ2v) is 4.56. The number of carbonyl (C=O) groups is 2. The average Bonchev–Trinajstić information content (AvgIpc) is 2.46. The molecule has 0 aliphatic rings. The Labute approximate surface area is 119 Å². The summed E-state index contributed by atoms with van der Waals surface area (Å²) in [6.07, 6.45) is 0.958. The Bertz CT molecular complexity index is 462. The van der Waals surface area contributed by atoms with Crippen LogP contribution in [0.2, 0.25) is 0 Å². The molecule has 0 radical (unpaired) electrons. The largest absolute Gasteiger partial charge is 0.358 e. The predicted molar refractivity (Wildman–Crippen MR) is 77.7 cm³/mol. The number of carbonyl (C=O) groups excluding carboxylic acids is 2. The summed E-state index contributed by atoms with van der Waals surface area (Å²) >= 11 is 0. The maximum Gasteiger partial charge on any atom is 0.265 e. The summed E-state index contributed by atoms with van der Waals surface area (Å²) in [4.78, 5) is 25.0. The zero-order valence-corrected chi connectivity index (χ0v) is 12.0. The van der Waals surface area contributed by atoms with Crippen LogP contribution in [0.3, 0.4) is 0 Å². The molecule has 1 aromatic carbocycles. The van der Waals surface area contributed by atoms with Crippen LogP contribution in [-0.4, -0.2) is 36.9 Å². The lowest BCUT2D eigenvalue weighted by molar-refractivity contribution is -0.121. The third kappa shape index (κ3) is 4.99. The van der Waals surface area contributed by atoms with Gasteiger partial charge in [-0.05, 0) is 30.7 Å². The fraction of sp³-hybridized carbons (Fsp3) is 0.429. The van der Waals surface area contributed by atoms with Crippen LogP contribution in [0.25, 0.3) is 0 Å². The molecule has 1 rings (SSSR count). The van der Waals surface area contributed by atoms with Gasteiger partial charge in [-0.25, -0.2) is 5.84 Å². The Kier molecular flexibility index (Phi) is 6.69. The van der Waals surface area contributed by atoms with Crippen LogP contribution in [0.15, 0.2) is 24.3 Å². The quantitative estimate of drug-likeness (QED) is 0.379. The number of hydrogen-bond donors (Lipinski definition) is 3. The van der Waals surface area contributed by atoms with E-state index in [1.165, 1.54) is 0 Å². The Balaban J connectivity index is 2.77. The Morgan fingerprint density at radius 1 is 1.35 bits per heavy atom. The fourth-order valence-electron chi connectivity index (χ4n) is 1.96. The second-order valence-electron chi connectivity index (χ2n) is 4.56. The van der Waals surface area contributed by atoms with Crippen molar-refractivity contribution in [3.63, 3.8) is 0 Å². The second kappa shape index (κ2) is 8.29. The topological polar surface area (TPSA) is 87.5 Å². The van der Waals surface area contributed by atoms with Gasteiger partial charge in [-0.3, -0.25) is 19.9 Å². The van der Waals surface area contributed by atoms with Crippen LogP contribution in [0.4, 0.5) is 0 Å². The van der Waals surface area contributed by atoms with Gasteiger partial charge in [0.05, 0.1) is 6.54 Å². The molecule has 0 fully saturated rings. The number of rotatable bonds is 7. The predicted octanol–water partition coefficient (Wildman–Crippen LogP) is 0.248. The fourth-order valence-corrected chi connectivity index (χ4v) is 1.96. The number of hydrogen-bond acceptors (Lipinski definition) is 4. The molecule has 4 N–H and O–H groups in total. The zero-order chi connectivity index (χ0) is 15.0. The van der Waals surface area contributed by atoms with Crippen molar-refractivity contribution in [2.45, 2.75) is 19.9 Å². The molecule has 0 spiro atoms. The number of nitrogens with two attached hydrogens (primary N) is 1. The van der Waals surface area contributed by atoms with E-state index in [1.54, 1.807) is 19.2 Å². The Morgan fingerprint density at radius 2 is 2.10 bits per heavy atom. The van der Waals surface area contributed by atoms with Gasteiger partial charge < -0.3 is 5.32 Å². The van der Waals surface area contributed by atoms with Gasteiger partial charge in [-0.1, -0.05) is 19.1 Å². The first-order valence-electron chi connectivity index (χ1n) is 6.63. The molecule has 0 saturated heterocycles. The molecule has 0 aliphatic heterocycles. The molecule has 0 aromatic heterocycles. The van der Waals surface area contributed by atoms with Crippen molar-refractivity contribution < 1.29 is 9.59 Å². The summed E-state index contributed by atoms with van der Waals surface area (Å²) in [5.41, 5.74) is 3.60. The minimum Gasteiger partial charge on any atom is -0.358 e. The molecule has 0 unspecified atom stereocenters. The van der Waals surface area contributed by atoms with Crippen LogP contribution in [-0.2, 0) is 11.3 Å². The molecule has 2 amide bonds. The molecular weight excluding hydrogens is 256 g/mol. The van der Waals surface area contributed by atoms with E-state index in [0.717, 1.165) is 18.5 Å². The third-order valence-electron chi connectivity index (χ3n) is 2.91. The molecule has 0 heterocycles. The van der Waals surface area contributed by atoms with E-state index in [1.807, 2.05) is 17.0 Å². The van der Waals surface area contributed by atoms with E-state index in [9.17, 15) is 9.59 Å². The smallest absolute Gasteiger partial charge is 0.265 e. The molecule has 6 heteroatoms. The lowest BCUT2D eigenvalue weighted by Gasteiger charge is -2.21. The Hall–Kier alpha value is -1.92. The van der Waals surface area contributed by atoms with Crippen LogP contribution in [0.5, 0.6) is 0 Å². The monoisotopic (exact) mass is 278 g/mol. The third-order valence-corrected chi connectivity index (χ3v) is 2.91. The van der Waals surface area contributed by atoms with E-state index >= 15 is 0 Å². The van der Waals surface area contributed by atoms with Gasteiger partial charge in [0.1, 0.15) is 0 Å². The molecule has 0 aliphatic carbocycles. The number of amides is 2. The molecule has 0 bridgehead atoms. The van der Waals surface area contributed by atoms with Crippen molar-refractivity contribution in [2.24, 2.45) is 5.84 Å². The maximum atomic E-state index is 11.5. The minimum atomic E-state index is -0.319. The van der Waals surface area contributed by atoms with Crippen molar-refractivity contribution >= 4 is 11.8 Å². The normalized spacial score (nSPS) is 10.4. The summed E-state index contributed by atoms with van der Waals surface area (Å²) in [6, 6.07) is 7.23. The zero-order valence-electron chi connectivity index (χ0n) is 12.0. The van der Waals surface area contributed by atoms with Gasteiger partial charge in [0.25, 0.3) is 5.91 Å². The Morgan fingerprint density at radius 3 is 2.70 bits per heavy atom. The number of nitrogens with zero attached hydrogens (tertiary/aromatic N) is 1. The summed E-state index contributed by atoms with van der Waals surface area (Å²) in [7, 11) is 1.62. The highest BCUT2D eigenvalue weighted by molar-refractivity contribution is 5.93. The van der Waals surface area contributed by atoms with Crippen molar-refractivity contribution in [3.8, 4) is 0 Å². The van der Waals surface area contributed by atoms with Gasteiger partial charge in [-0.2, -0.15) is 0 Å². The molecule has 6 nitrogen and oxygen atoms in total. The van der Waals surface area contributed by atoms with E-state index in [2.05, 4.69) is 17.7 Å². The van der Waals surface area contributed by atoms with E-state index in [0.29, 0.717) is 18.7 Å². The highest BCUT2D eigenvalue weighted by Crippen LogP contribution is 2.09. The minimum absolute atomic E-state index is 0.0192. The summed E-state index contributed by atoms with van der Waals surface area (Å²) in [5.74, 6) is 4.79. The number of nitrogens with one attached hydrogen (secondary N) is 2. The number of nitrogen functional groups attached to an aromatic ring is 1. The van der Waals surface area contributed by atoms with Crippen LogP contribution >= 0.6 is 0 Å². The van der Waals surface area contributed by atoms with Crippen molar-refractivity contribution in [2.75, 3.05) is 20.1 Å². The van der Waals surface area contributed by atoms with Crippen molar-refractivity contribution in [1.82, 2.24) is 15.6 Å². The van der Waals surface area contributed by atoms with E-state index in [-0.39, 0.29) is 11.8 Å². The molecule has 110 valence electrons. The molecule has 0 atom stereocenters. The van der Waals surface area contributed by atoms with Crippen LogP contribution in [0, 0.1) is 0 Å². The number of benzene rings is 1. The average molecular weight is 278 g/mol. The lowest BCUT2D eigenvalue weighted by atomic mass is 10.1.